The third-order valence-electron chi connectivity index (χ3n) is 4.70. The first kappa shape index (κ1) is 18.5. The Morgan fingerprint density at radius 1 is 1.08 bits per heavy atom. The van der Waals surface area contributed by atoms with Crippen molar-refractivity contribution < 1.29 is 13.2 Å². The Bertz CT molecular complexity index is 875. The van der Waals surface area contributed by atoms with Gasteiger partial charge in [-0.3, -0.25) is 9.10 Å². The number of anilines is 2. The first-order valence-corrected chi connectivity index (χ1v) is 10.3. The molecule has 0 aliphatic carbocycles. The maximum atomic E-state index is 12.4. The van der Waals surface area contributed by atoms with Gasteiger partial charge in [-0.15, -0.1) is 0 Å². The van der Waals surface area contributed by atoms with Gasteiger partial charge < -0.3 is 5.32 Å². The van der Waals surface area contributed by atoms with Crippen molar-refractivity contribution >= 4 is 27.3 Å². The van der Waals surface area contributed by atoms with E-state index in [4.69, 9.17) is 0 Å². The topological polar surface area (TPSA) is 66.5 Å². The van der Waals surface area contributed by atoms with Crippen LogP contribution in [0.5, 0.6) is 0 Å². The average Bonchev–Trinajstić information content (AvgIpc) is 2.95. The molecule has 6 heteroatoms. The molecule has 5 nitrogen and oxygen atoms in total. The molecule has 1 saturated heterocycles. The van der Waals surface area contributed by atoms with E-state index in [0.29, 0.717) is 30.8 Å². The van der Waals surface area contributed by atoms with E-state index < -0.39 is 10.0 Å². The summed E-state index contributed by atoms with van der Waals surface area (Å²) in [5.41, 5.74) is 2.16. The predicted octanol–water partition coefficient (Wildman–Crippen LogP) is 3.53. The summed E-state index contributed by atoms with van der Waals surface area (Å²) >= 11 is 0. The minimum atomic E-state index is -3.18. The van der Waals surface area contributed by atoms with E-state index in [1.165, 1.54) is 4.31 Å². The molecule has 0 radical (unpaired) electrons. The van der Waals surface area contributed by atoms with E-state index >= 15 is 0 Å². The molecular weight excluding hydrogens is 348 g/mol. The average molecular weight is 372 g/mol. The van der Waals surface area contributed by atoms with Crippen LogP contribution >= 0.6 is 0 Å². The standard InChI is InChI=1S/C20H24N2O3S/c1-20(2,16-7-4-3-5-8-16)15-19(23)21-17-9-11-18(12-10-17)22-13-6-14-26(22,24)25/h3-5,7-12H,6,13-15H2,1-2H3,(H,21,23). The summed E-state index contributed by atoms with van der Waals surface area (Å²) in [7, 11) is -3.18. The number of hydrogen-bond acceptors (Lipinski definition) is 3. The summed E-state index contributed by atoms with van der Waals surface area (Å²) in [6.07, 6.45) is 1.01. The summed E-state index contributed by atoms with van der Waals surface area (Å²) in [6, 6.07) is 16.9. The molecule has 0 aromatic heterocycles. The van der Waals surface area contributed by atoms with E-state index in [1.807, 2.05) is 44.2 Å². The fraction of sp³-hybridized carbons (Fsp3) is 0.350. The number of hydrogen-bond donors (Lipinski definition) is 1. The van der Waals surface area contributed by atoms with E-state index in [0.717, 1.165) is 5.56 Å². The van der Waals surface area contributed by atoms with Crippen molar-refractivity contribution in [3.8, 4) is 0 Å². The lowest BCUT2D eigenvalue weighted by Gasteiger charge is -2.24. The van der Waals surface area contributed by atoms with Gasteiger partial charge in [0.25, 0.3) is 0 Å². The summed E-state index contributed by atoms with van der Waals surface area (Å²) in [6.45, 7) is 4.60. The Kier molecular flexibility index (Phi) is 5.05. The number of benzene rings is 2. The van der Waals surface area contributed by atoms with Gasteiger partial charge in [-0.25, -0.2) is 8.42 Å². The second kappa shape index (κ2) is 7.11. The molecule has 1 aliphatic rings. The minimum Gasteiger partial charge on any atom is -0.326 e. The van der Waals surface area contributed by atoms with Crippen molar-refractivity contribution in [3.05, 3.63) is 60.2 Å². The van der Waals surface area contributed by atoms with Gasteiger partial charge >= 0.3 is 0 Å². The summed E-state index contributed by atoms with van der Waals surface area (Å²) in [5.74, 6) is 0.125. The largest absolute Gasteiger partial charge is 0.326 e. The van der Waals surface area contributed by atoms with E-state index in [2.05, 4.69) is 5.32 Å². The summed E-state index contributed by atoms with van der Waals surface area (Å²) < 4.78 is 25.4. The molecule has 1 N–H and O–H groups in total. The highest BCUT2D eigenvalue weighted by Gasteiger charge is 2.28. The van der Waals surface area contributed by atoms with Gasteiger partial charge in [-0.1, -0.05) is 44.2 Å². The molecular formula is C20H24N2O3S. The molecule has 3 rings (SSSR count). The van der Waals surface area contributed by atoms with Crippen LogP contribution in [0.4, 0.5) is 11.4 Å². The quantitative estimate of drug-likeness (QED) is 0.873. The SMILES string of the molecule is CC(C)(CC(=O)Nc1ccc(N2CCCS2(=O)=O)cc1)c1ccccc1. The first-order valence-electron chi connectivity index (χ1n) is 8.74. The van der Waals surface area contributed by atoms with Crippen molar-refractivity contribution in [2.45, 2.75) is 32.1 Å². The van der Waals surface area contributed by atoms with Crippen molar-refractivity contribution in [1.82, 2.24) is 0 Å². The highest BCUT2D eigenvalue weighted by molar-refractivity contribution is 7.93. The number of nitrogens with one attached hydrogen (secondary N) is 1. The number of amides is 1. The van der Waals surface area contributed by atoms with E-state index in [-0.39, 0.29) is 17.1 Å². The molecule has 1 aliphatic heterocycles. The van der Waals surface area contributed by atoms with Gasteiger partial charge in [-0.05, 0) is 41.7 Å². The Hall–Kier alpha value is -2.34. The van der Waals surface area contributed by atoms with Crippen LogP contribution in [0, 0.1) is 0 Å². The molecule has 1 amide bonds. The molecule has 0 spiro atoms. The van der Waals surface area contributed by atoms with Gasteiger partial charge in [0, 0.05) is 18.7 Å². The van der Waals surface area contributed by atoms with Gasteiger partial charge in [0.1, 0.15) is 0 Å². The van der Waals surface area contributed by atoms with Crippen molar-refractivity contribution in [2.75, 3.05) is 21.9 Å². The first-order chi connectivity index (χ1) is 12.3. The number of rotatable bonds is 5. The lowest BCUT2D eigenvalue weighted by Crippen LogP contribution is -2.26. The Morgan fingerprint density at radius 2 is 1.73 bits per heavy atom. The molecule has 0 atom stereocenters. The monoisotopic (exact) mass is 372 g/mol. The van der Waals surface area contributed by atoms with Gasteiger partial charge in [-0.2, -0.15) is 0 Å². The molecule has 0 bridgehead atoms. The fourth-order valence-corrected chi connectivity index (χ4v) is 4.80. The molecule has 0 saturated carbocycles. The lowest BCUT2D eigenvalue weighted by molar-refractivity contribution is -0.117. The van der Waals surface area contributed by atoms with Crippen LogP contribution in [0.1, 0.15) is 32.3 Å². The zero-order valence-electron chi connectivity index (χ0n) is 15.1. The molecule has 0 unspecified atom stereocenters. The maximum absolute atomic E-state index is 12.4. The van der Waals surface area contributed by atoms with Crippen LogP contribution < -0.4 is 9.62 Å². The van der Waals surface area contributed by atoms with Crippen molar-refractivity contribution in [2.24, 2.45) is 0 Å². The third-order valence-corrected chi connectivity index (χ3v) is 6.57. The smallest absolute Gasteiger partial charge is 0.235 e. The van der Waals surface area contributed by atoms with Crippen LogP contribution in [0.15, 0.2) is 54.6 Å². The molecule has 1 heterocycles. The van der Waals surface area contributed by atoms with E-state index in [1.54, 1.807) is 24.3 Å². The van der Waals surface area contributed by atoms with E-state index in [9.17, 15) is 13.2 Å². The van der Waals surface area contributed by atoms with Crippen LogP contribution in [-0.4, -0.2) is 26.6 Å². The van der Waals surface area contributed by atoms with Gasteiger partial charge in [0.05, 0.1) is 11.4 Å². The summed E-state index contributed by atoms with van der Waals surface area (Å²) in [5, 5.41) is 2.90. The highest BCUT2D eigenvalue weighted by atomic mass is 32.2. The number of sulfonamides is 1. The Labute approximate surface area is 155 Å². The second-order valence-corrected chi connectivity index (χ2v) is 9.28. The van der Waals surface area contributed by atoms with Crippen LogP contribution in [-0.2, 0) is 20.2 Å². The Morgan fingerprint density at radius 3 is 2.31 bits per heavy atom. The molecule has 2 aromatic carbocycles. The fourth-order valence-electron chi connectivity index (χ4n) is 3.24. The molecule has 138 valence electrons. The molecule has 2 aromatic rings. The maximum Gasteiger partial charge on any atom is 0.235 e. The number of carbonyl (C=O) groups excluding carboxylic acids is 1. The normalized spacial score (nSPS) is 16.5. The zero-order valence-corrected chi connectivity index (χ0v) is 15.9. The lowest BCUT2D eigenvalue weighted by atomic mass is 9.81. The number of nitrogens with zero attached hydrogens (tertiary/aromatic N) is 1. The minimum absolute atomic E-state index is 0.0691. The van der Waals surface area contributed by atoms with Gasteiger partial charge in [0.2, 0.25) is 15.9 Å². The van der Waals surface area contributed by atoms with Crippen molar-refractivity contribution in [1.29, 1.82) is 0 Å². The van der Waals surface area contributed by atoms with Crippen LogP contribution in [0.2, 0.25) is 0 Å². The predicted molar refractivity (Wildman–Crippen MR) is 105 cm³/mol. The zero-order chi connectivity index (χ0) is 18.8. The highest BCUT2D eigenvalue weighted by Crippen LogP contribution is 2.28. The second-order valence-electron chi connectivity index (χ2n) is 7.26. The molecule has 1 fully saturated rings. The van der Waals surface area contributed by atoms with Crippen molar-refractivity contribution in [3.63, 3.8) is 0 Å². The summed E-state index contributed by atoms with van der Waals surface area (Å²) in [4.78, 5) is 12.4. The Balaban J connectivity index is 1.65. The number of carbonyl (C=O) groups is 1. The van der Waals surface area contributed by atoms with Gasteiger partial charge in [0.15, 0.2) is 0 Å². The third kappa shape index (κ3) is 4.07. The molecule has 26 heavy (non-hydrogen) atoms. The van der Waals surface area contributed by atoms with Crippen LogP contribution in [0.25, 0.3) is 0 Å². The van der Waals surface area contributed by atoms with Crippen LogP contribution in [0.3, 0.4) is 0 Å².